The van der Waals surface area contributed by atoms with Crippen LogP contribution in [0, 0.1) is 6.92 Å². The number of aromatic amines is 1. The van der Waals surface area contributed by atoms with E-state index in [1.54, 1.807) is 6.26 Å². The van der Waals surface area contributed by atoms with Gasteiger partial charge in [0, 0.05) is 18.7 Å². The van der Waals surface area contributed by atoms with Crippen LogP contribution in [0.5, 0.6) is 0 Å². The predicted molar refractivity (Wildman–Crippen MR) is 99.6 cm³/mol. The van der Waals surface area contributed by atoms with Gasteiger partial charge in [-0.1, -0.05) is 6.42 Å². The maximum absolute atomic E-state index is 5.73. The minimum absolute atomic E-state index is 0.270. The van der Waals surface area contributed by atoms with E-state index in [1.807, 2.05) is 31.3 Å². The fourth-order valence-corrected chi connectivity index (χ4v) is 3.69. The molecule has 6 nitrogen and oxygen atoms in total. The predicted octanol–water partition coefficient (Wildman–Crippen LogP) is 3.89. The van der Waals surface area contributed by atoms with Crippen molar-refractivity contribution in [2.75, 3.05) is 19.6 Å². The lowest BCUT2D eigenvalue weighted by molar-refractivity contribution is 0.142. The normalized spacial score (nSPS) is 16.8. The van der Waals surface area contributed by atoms with E-state index in [-0.39, 0.29) is 6.04 Å². The second kappa shape index (κ2) is 7.93. The van der Waals surface area contributed by atoms with Crippen LogP contribution in [0.4, 0.5) is 0 Å². The molecule has 2 N–H and O–H groups in total. The topological polar surface area (TPSA) is 70.2 Å². The van der Waals surface area contributed by atoms with Crippen molar-refractivity contribution in [3.05, 3.63) is 53.8 Å². The molecule has 6 heteroatoms. The molecule has 1 aliphatic heterocycles. The molecule has 138 valence electrons. The quantitative estimate of drug-likeness (QED) is 0.674. The molecule has 1 saturated heterocycles. The molecule has 4 rings (SSSR count). The highest BCUT2D eigenvalue weighted by Crippen LogP contribution is 2.26. The Morgan fingerprint density at radius 2 is 2.12 bits per heavy atom. The molecular formula is C20H26N4O2. The molecule has 1 aliphatic rings. The average Bonchev–Trinajstić information content (AvgIpc) is 3.41. The Bertz CT molecular complexity index is 800. The summed E-state index contributed by atoms with van der Waals surface area (Å²) in [4.78, 5) is 2.53. The summed E-state index contributed by atoms with van der Waals surface area (Å²) in [6.07, 6.45) is 7.49. The van der Waals surface area contributed by atoms with Crippen LogP contribution in [0.2, 0.25) is 0 Å². The molecule has 0 spiro atoms. The van der Waals surface area contributed by atoms with Crippen molar-refractivity contribution in [3.8, 4) is 11.5 Å². The summed E-state index contributed by atoms with van der Waals surface area (Å²) < 4.78 is 11.4. The van der Waals surface area contributed by atoms with Crippen LogP contribution in [-0.2, 0) is 6.54 Å². The smallest absolute Gasteiger partial charge is 0.152 e. The summed E-state index contributed by atoms with van der Waals surface area (Å²) in [6, 6.07) is 8.27. The average molecular weight is 354 g/mol. The SMILES string of the molecule is Cc1ccc(-c2[nH]ncc2CNCC(c2ccco2)N2CCCCC2)o1. The van der Waals surface area contributed by atoms with Crippen LogP contribution in [-0.4, -0.2) is 34.7 Å². The van der Waals surface area contributed by atoms with Crippen LogP contribution in [0.1, 0.15) is 42.4 Å². The monoisotopic (exact) mass is 354 g/mol. The number of aromatic nitrogens is 2. The van der Waals surface area contributed by atoms with E-state index in [0.29, 0.717) is 0 Å². The Hall–Kier alpha value is -2.31. The van der Waals surface area contributed by atoms with E-state index in [4.69, 9.17) is 8.83 Å². The van der Waals surface area contributed by atoms with Gasteiger partial charge in [-0.15, -0.1) is 0 Å². The molecule has 0 aromatic carbocycles. The Labute approximate surface area is 153 Å². The number of likely N-dealkylation sites (tertiary alicyclic amines) is 1. The number of furan rings is 2. The third-order valence-electron chi connectivity index (χ3n) is 5.06. The number of nitrogens with zero attached hydrogens (tertiary/aromatic N) is 2. The van der Waals surface area contributed by atoms with Crippen molar-refractivity contribution >= 4 is 0 Å². The highest BCUT2D eigenvalue weighted by molar-refractivity contribution is 5.56. The number of hydrogen-bond acceptors (Lipinski definition) is 5. The second-order valence-corrected chi connectivity index (χ2v) is 6.94. The summed E-state index contributed by atoms with van der Waals surface area (Å²) >= 11 is 0. The van der Waals surface area contributed by atoms with Gasteiger partial charge in [0.15, 0.2) is 5.76 Å². The Morgan fingerprint density at radius 1 is 1.23 bits per heavy atom. The van der Waals surface area contributed by atoms with Gasteiger partial charge < -0.3 is 14.2 Å². The fourth-order valence-electron chi connectivity index (χ4n) is 3.69. The first kappa shape index (κ1) is 17.1. The summed E-state index contributed by atoms with van der Waals surface area (Å²) in [5.41, 5.74) is 2.05. The molecule has 0 radical (unpaired) electrons. The lowest BCUT2D eigenvalue weighted by Crippen LogP contribution is -2.38. The fraction of sp³-hybridized carbons (Fsp3) is 0.450. The van der Waals surface area contributed by atoms with Crippen molar-refractivity contribution in [1.82, 2.24) is 20.4 Å². The van der Waals surface area contributed by atoms with E-state index >= 15 is 0 Å². The number of hydrogen-bond donors (Lipinski definition) is 2. The van der Waals surface area contributed by atoms with Gasteiger partial charge >= 0.3 is 0 Å². The number of piperidine rings is 1. The van der Waals surface area contributed by atoms with Crippen LogP contribution < -0.4 is 5.32 Å². The lowest BCUT2D eigenvalue weighted by Gasteiger charge is -2.33. The molecular weight excluding hydrogens is 328 g/mol. The van der Waals surface area contributed by atoms with Gasteiger partial charge in [-0.25, -0.2) is 0 Å². The Balaban J connectivity index is 1.42. The van der Waals surface area contributed by atoms with Crippen LogP contribution >= 0.6 is 0 Å². The van der Waals surface area contributed by atoms with Crippen molar-refractivity contribution in [2.24, 2.45) is 0 Å². The molecule has 1 atom stereocenters. The molecule has 0 bridgehead atoms. The first-order valence-corrected chi connectivity index (χ1v) is 9.38. The number of nitrogens with one attached hydrogen (secondary N) is 2. The number of rotatable bonds is 7. The molecule has 3 aromatic rings. The van der Waals surface area contributed by atoms with E-state index in [0.717, 1.165) is 54.7 Å². The van der Waals surface area contributed by atoms with Crippen molar-refractivity contribution in [3.63, 3.8) is 0 Å². The highest BCUT2D eigenvalue weighted by atomic mass is 16.3. The van der Waals surface area contributed by atoms with Gasteiger partial charge in [-0.05, 0) is 57.1 Å². The molecule has 1 unspecified atom stereocenters. The first-order valence-electron chi connectivity index (χ1n) is 9.38. The van der Waals surface area contributed by atoms with Crippen LogP contribution in [0.3, 0.4) is 0 Å². The Kier molecular flexibility index (Phi) is 5.22. The van der Waals surface area contributed by atoms with Gasteiger partial charge in [-0.3, -0.25) is 10.00 Å². The minimum Gasteiger partial charge on any atom is -0.468 e. The summed E-state index contributed by atoms with van der Waals surface area (Å²) in [6.45, 7) is 5.79. The van der Waals surface area contributed by atoms with Gasteiger partial charge in [0.2, 0.25) is 0 Å². The lowest BCUT2D eigenvalue weighted by atomic mass is 10.1. The maximum Gasteiger partial charge on any atom is 0.152 e. The molecule has 1 fully saturated rings. The zero-order valence-corrected chi connectivity index (χ0v) is 15.2. The molecule has 0 saturated carbocycles. The van der Waals surface area contributed by atoms with E-state index in [1.165, 1.54) is 19.3 Å². The zero-order valence-electron chi connectivity index (χ0n) is 15.2. The van der Waals surface area contributed by atoms with Gasteiger partial charge in [0.1, 0.15) is 17.2 Å². The Morgan fingerprint density at radius 3 is 2.85 bits per heavy atom. The number of H-pyrrole nitrogens is 1. The molecule has 4 heterocycles. The van der Waals surface area contributed by atoms with Gasteiger partial charge in [0.25, 0.3) is 0 Å². The summed E-state index contributed by atoms with van der Waals surface area (Å²) in [5.74, 6) is 2.76. The third-order valence-corrected chi connectivity index (χ3v) is 5.06. The van der Waals surface area contributed by atoms with E-state index in [9.17, 15) is 0 Å². The summed E-state index contributed by atoms with van der Waals surface area (Å²) in [7, 11) is 0. The summed E-state index contributed by atoms with van der Waals surface area (Å²) in [5, 5.41) is 10.8. The number of aryl methyl sites for hydroxylation is 1. The van der Waals surface area contributed by atoms with E-state index in [2.05, 4.69) is 26.5 Å². The first-order chi connectivity index (χ1) is 12.8. The highest BCUT2D eigenvalue weighted by Gasteiger charge is 2.24. The van der Waals surface area contributed by atoms with E-state index < -0.39 is 0 Å². The van der Waals surface area contributed by atoms with Gasteiger partial charge in [-0.2, -0.15) is 5.10 Å². The maximum atomic E-state index is 5.73. The van der Waals surface area contributed by atoms with Crippen molar-refractivity contribution in [1.29, 1.82) is 0 Å². The molecule has 3 aromatic heterocycles. The van der Waals surface area contributed by atoms with Gasteiger partial charge in [0.05, 0.1) is 18.5 Å². The molecule has 0 aliphatic carbocycles. The zero-order chi connectivity index (χ0) is 17.8. The van der Waals surface area contributed by atoms with Crippen LogP contribution in [0.15, 0.2) is 45.6 Å². The largest absolute Gasteiger partial charge is 0.468 e. The minimum atomic E-state index is 0.270. The van der Waals surface area contributed by atoms with Crippen molar-refractivity contribution < 1.29 is 8.83 Å². The van der Waals surface area contributed by atoms with Crippen molar-refractivity contribution in [2.45, 2.75) is 38.8 Å². The molecule has 0 amide bonds. The third kappa shape index (κ3) is 3.76. The van der Waals surface area contributed by atoms with Crippen LogP contribution in [0.25, 0.3) is 11.5 Å². The second-order valence-electron chi connectivity index (χ2n) is 6.94. The standard InChI is InChI=1S/C20H26N4O2/c1-15-7-8-19(26-15)20-16(13-22-23-20)12-21-14-17(18-6-5-11-25-18)24-9-3-2-4-10-24/h5-8,11,13,17,21H,2-4,9-10,12,14H2,1H3,(H,22,23). The molecule has 26 heavy (non-hydrogen) atoms.